The lowest BCUT2D eigenvalue weighted by atomic mass is 10.2. The van der Waals surface area contributed by atoms with Crippen LogP contribution in [0.1, 0.15) is 12.6 Å². The van der Waals surface area contributed by atoms with Crippen molar-refractivity contribution in [2.24, 2.45) is 0 Å². The lowest BCUT2D eigenvalue weighted by Crippen LogP contribution is -2.24. The number of carbonyl (C=O) groups excluding carboxylic acids is 1. The molecule has 0 atom stereocenters. The summed E-state index contributed by atoms with van der Waals surface area (Å²) < 4.78 is 24.5. The topological polar surface area (TPSA) is 88.2 Å². The predicted molar refractivity (Wildman–Crippen MR) is 88.4 cm³/mol. The minimum Gasteiger partial charge on any atom is -0.326 e. The Hall–Kier alpha value is -1.77. The summed E-state index contributed by atoms with van der Waals surface area (Å²) >= 11 is 1.49. The van der Waals surface area contributed by atoms with Crippen LogP contribution in [0.25, 0.3) is 10.6 Å². The van der Waals surface area contributed by atoms with Gasteiger partial charge in [0.15, 0.2) is 0 Å². The molecule has 0 aliphatic rings. The standard InChI is InChI=1S/C14H17N3O3S2/c1-10(18)16-12-5-3-4-11(8-12)14-17-13(9-21-14)6-7-15-22(2,19)20/h3-5,8-9,15H,6-7H2,1-2H3,(H,16,18). The van der Waals surface area contributed by atoms with Gasteiger partial charge in [-0.1, -0.05) is 12.1 Å². The van der Waals surface area contributed by atoms with E-state index in [-0.39, 0.29) is 5.91 Å². The molecule has 1 heterocycles. The lowest BCUT2D eigenvalue weighted by molar-refractivity contribution is -0.114. The minimum atomic E-state index is -3.17. The number of thiazole rings is 1. The Bertz CT molecular complexity index is 769. The number of nitrogens with one attached hydrogen (secondary N) is 2. The number of aromatic nitrogens is 1. The maximum absolute atomic E-state index is 11.1. The fourth-order valence-electron chi connectivity index (χ4n) is 1.85. The van der Waals surface area contributed by atoms with Crippen molar-refractivity contribution in [3.63, 3.8) is 0 Å². The summed E-state index contributed by atoms with van der Waals surface area (Å²) in [6.07, 6.45) is 1.67. The average molecular weight is 339 g/mol. The van der Waals surface area contributed by atoms with Gasteiger partial charge in [-0.15, -0.1) is 11.3 Å². The van der Waals surface area contributed by atoms with E-state index in [0.29, 0.717) is 13.0 Å². The summed E-state index contributed by atoms with van der Waals surface area (Å²) in [6, 6.07) is 7.45. The van der Waals surface area contributed by atoms with E-state index in [9.17, 15) is 13.2 Å². The van der Waals surface area contributed by atoms with E-state index in [4.69, 9.17) is 0 Å². The summed E-state index contributed by atoms with van der Waals surface area (Å²) in [7, 11) is -3.17. The van der Waals surface area contributed by atoms with Crippen molar-refractivity contribution in [2.45, 2.75) is 13.3 Å². The van der Waals surface area contributed by atoms with E-state index < -0.39 is 10.0 Å². The first-order valence-electron chi connectivity index (χ1n) is 6.60. The number of anilines is 1. The predicted octanol–water partition coefficient (Wildman–Crippen LogP) is 1.86. The molecule has 0 saturated carbocycles. The first-order valence-corrected chi connectivity index (χ1v) is 9.38. The van der Waals surface area contributed by atoms with Gasteiger partial charge in [-0.25, -0.2) is 18.1 Å². The maximum atomic E-state index is 11.1. The molecule has 8 heteroatoms. The van der Waals surface area contributed by atoms with Crippen molar-refractivity contribution in [3.05, 3.63) is 35.3 Å². The number of nitrogens with zero attached hydrogens (tertiary/aromatic N) is 1. The molecule has 2 aromatic rings. The van der Waals surface area contributed by atoms with Crippen molar-refractivity contribution in [1.29, 1.82) is 0 Å². The summed E-state index contributed by atoms with van der Waals surface area (Å²) in [6.45, 7) is 1.79. The van der Waals surface area contributed by atoms with Crippen LogP contribution in [0.2, 0.25) is 0 Å². The summed E-state index contributed by atoms with van der Waals surface area (Å²) in [5.74, 6) is -0.121. The van der Waals surface area contributed by atoms with Crippen LogP contribution in [-0.2, 0) is 21.2 Å². The second kappa shape index (κ2) is 6.99. The summed E-state index contributed by atoms with van der Waals surface area (Å²) in [4.78, 5) is 15.6. The molecular formula is C14H17N3O3S2. The van der Waals surface area contributed by atoms with Crippen molar-refractivity contribution in [2.75, 3.05) is 18.1 Å². The number of rotatable bonds is 6. The van der Waals surface area contributed by atoms with E-state index in [0.717, 1.165) is 28.2 Å². The fraction of sp³-hybridized carbons (Fsp3) is 0.286. The molecule has 2 rings (SSSR count). The average Bonchev–Trinajstić information content (AvgIpc) is 2.85. The van der Waals surface area contributed by atoms with Crippen LogP contribution in [-0.4, -0.2) is 32.1 Å². The van der Waals surface area contributed by atoms with Crippen LogP contribution in [0, 0.1) is 0 Å². The summed E-state index contributed by atoms with van der Waals surface area (Å²) in [5, 5.41) is 5.48. The molecule has 1 amide bonds. The number of hydrogen-bond acceptors (Lipinski definition) is 5. The molecule has 0 fully saturated rings. The van der Waals surface area contributed by atoms with Crippen molar-refractivity contribution in [3.8, 4) is 10.6 Å². The van der Waals surface area contributed by atoms with Gasteiger partial charge in [-0.3, -0.25) is 4.79 Å². The molecule has 0 saturated heterocycles. The van der Waals surface area contributed by atoms with Crippen LogP contribution in [0.5, 0.6) is 0 Å². The molecule has 0 radical (unpaired) electrons. The highest BCUT2D eigenvalue weighted by Crippen LogP contribution is 2.26. The van der Waals surface area contributed by atoms with Gasteiger partial charge in [0.1, 0.15) is 5.01 Å². The van der Waals surface area contributed by atoms with Gasteiger partial charge >= 0.3 is 0 Å². The van der Waals surface area contributed by atoms with Gasteiger partial charge < -0.3 is 5.32 Å². The number of hydrogen-bond donors (Lipinski definition) is 2. The van der Waals surface area contributed by atoms with Gasteiger partial charge in [-0.2, -0.15) is 0 Å². The Morgan fingerprint density at radius 3 is 2.82 bits per heavy atom. The highest BCUT2D eigenvalue weighted by molar-refractivity contribution is 7.88. The third-order valence-electron chi connectivity index (χ3n) is 2.73. The smallest absolute Gasteiger partial charge is 0.221 e. The highest BCUT2D eigenvalue weighted by atomic mass is 32.2. The van der Waals surface area contributed by atoms with Crippen molar-refractivity contribution < 1.29 is 13.2 Å². The van der Waals surface area contributed by atoms with Gasteiger partial charge in [-0.05, 0) is 12.1 Å². The molecule has 118 valence electrons. The van der Waals surface area contributed by atoms with E-state index >= 15 is 0 Å². The molecule has 22 heavy (non-hydrogen) atoms. The Labute approximate surface area is 133 Å². The minimum absolute atomic E-state index is 0.121. The first kappa shape index (κ1) is 16.6. The zero-order valence-electron chi connectivity index (χ0n) is 12.3. The second-order valence-electron chi connectivity index (χ2n) is 4.82. The molecule has 0 spiro atoms. The number of sulfonamides is 1. The van der Waals surface area contributed by atoms with Gasteiger partial charge in [0.25, 0.3) is 0 Å². The SMILES string of the molecule is CC(=O)Nc1cccc(-c2nc(CCNS(C)(=O)=O)cs2)c1. The molecule has 2 N–H and O–H groups in total. The number of carbonyl (C=O) groups is 1. The van der Waals surface area contributed by atoms with Crippen LogP contribution >= 0.6 is 11.3 Å². The largest absolute Gasteiger partial charge is 0.326 e. The van der Waals surface area contributed by atoms with Gasteiger partial charge in [0.05, 0.1) is 11.9 Å². The van der Waals surface area contributed by atoms with Crippen LogP contribution in [0.4, 0.5) is 5.69 Å². The molecule has 1 aromatic heterocycles. The van der Waals surface area contributed by atoms with Crippen LogP contribution in [0.3, 0.4) is 0 Å². The molecule has 0 aliphatic carbocycles. The Kier molecular flexibility index (Phi) is 5.28. The Balaban J connectivity index is 2.06. The Morgan fingerprint density at radius 1 is 1.36 bits per heavy atom. The van der Waals surface area contributed by atoms with Crippen molar-refractivity contribution in [1.82, 2.24) is 9.71 Å². The first-order chi connectivity index (χ1) is 10.3. The van der Waals surface area contributed by atoms with Gasteiger partial charge in [0.2, 0.25) is 15.9 Å². The monoisotopic (exact) mass is 339 g/mol. The molecule has 0 bridgehead atoms. The number of benzene rings is 1. The quantitative estimate of drug-likeness (QED) is 0.841. The second-order valence-corrected chi connectivity index (χ2v) is 7.51. The highest BCUT2D eigenvalue weighted by Gasteiger charge is 2.07. The lowest BCUT2D eigenvalue weighted by Gasteiger charge is -2.03. The molecule has 6 nitrogen and oxygen atoms in total. The number of amides is 1. The molecule has 1 aromatic carbocycles. The maximum Gasteiger partial charge on any atom is 0.221 e. The van der Waals surface area contributed by atoms with E-state index in [1.54, 1.807) is 0 Å². The van der Waals surface area contributed by atoms with E-state index in [1.165, 1.54) is 18.3 Å². The van der Waals surface area contributed by atoms with E-state index in [1.807, 2.05) is 29.6 Å². The zero-order valence-corrected chi connectivity index (χ0v) is 13.9. The fourth-order valence-corrected chi connectivity index (χ4v) is 3.18. The van der Waals surface area contributed by atoms with Crippen molar-refractivity contribution >= 4 is 33.0 Å². The third-order valence-corrected chi connectivity index (χ3v) is 4.40. The molecular weight excluding hydrogens is 322 g/mol. The van der Waals surface area contributed by atoms with Gasteiger partial charge in [0, 0.05) is 36.5 Å². The normalized spacial score (nSPS) is 11.4. The molecule has 0 unspecified atom stereocenters. The van der Waals surface area contributed by atoms with Crippen LogP contribution in [0.15, 0.2) is 29.6 Å². The zero-order chi connectivity index (χ0) is 16.2. The van der Waals surface area contributed by atoms with E-state index in [2.05, 4.69) is 15.0 Å². The third kappa shape index (κ3) is 5.21. The molecule has 0 aliphatic heterocycles. The Morgan fingerprint density at radius 2 is 2.14 bits per heavy atom. The van der Waals surface area contributed by atoms with Crippen LogP contribution < -0.4 is 10.0 Å². The summed E-state index contributed by atoms with van der Waals surface area (Å²) in [5.41, 5.74) is 2.47.